The lowest BCUT2D eigenvalue weighted by atomic mass is 9.85. The van der Waals surface area contributed by atoms with Crippen LogP contribution in [0, 0.1) is 10.1 Å². The van der Waals surface area contributed by atoms with Crippen molar-refractivity contribution in [3.8, 4) is 0 Å². The van der Waals surface area contributed by atoms with E-state index >= 15 is 0 Å². The highest BCUT2D eigenvalue weighted by Gasteiger charge is 2.41. The summed E-state index contributed by atoms with van der Waals surface area (Å²) in [4.78, 5) is 21.1. The molecule has 0 aromatic carbocycles. The summed E-state index contributed by atoms with van der Waals surface area (Å²) in [6.07, 6.45) is 3.79. The lowest BCUT2D eigenvalue weighted by Crippen LogP contribution is -2.37. The van der Waals surface area contributed by atoms with Crippen LogP contribution in [-0.4, -0.2) is 26.3 Å². The number of rotatable bonds is 3. The first-order valence-corrected chi connectivity index (χ1v) is 5.22. The molecule has 2 rings (SSSR count). The van der Waals surface area contributed by atoms with Crippen LogP contribution in [0.25, 0.3) is 0 Å². The van der Waals surface area contributed by atoms with Crippen molar-refractivity contribution in [1.29, 1.82) is 0 Å². The number of nitrogens with two attached hydrogens (primary N) is 1. The summed E-state index contributed by atoms with van der Waals surface area (Å²) in [6, 6.07) is -1.20. The van der Waals surface area contributed by atoms with Crippen LogP contribution in [-0.2, 0) is 10.3 Å². The summed E-state index contributed by atoms with van der Waals surface area (Å²) in [5.74, 6) is -1.15. The Morgan fingerprint density at radius 1 is 1.68 bits per heavy atom. The maximum atomic E-state index is 10.9. The van der Waals surface area contributed by atoms with Gasteiger partial charge in [-0.2, -0.15) is 0 Å². The molecule has 1 aliphatic carbocycles. The maximum absolute atomic E-state index is 10.9. The van der Waals surface area contributed by atoms with E-state index in [4.69, 9.17) is 10.8 Å². The van der Waals surface area contributed by atoms with Gasteiger partial charge < -0.3 is 10.8 Å². The Kier molecular flexibility index (Phi) is 2.91. The molecule has 0 aliphatic heterocycles. The molecule has 9 nitrogen and oxygen atoms in total. The van der Waals surface area contributed by atoms with Crippen LogP contribution >= 0.6 is 0 Å². The summed E-state index contributed by atoms with van der Waals surface area (Å²) in [6.45, 7) is 1.36. The molecule has 0 saturated carbocycles. The predicted molar refractivity (Wildman–Crippen MR) is 60.4 cm³/mol. The van der Waals surface area contributed by atoms with E-state index in [0.29, 0.717) is 0 Å². The van der Waals surface area contributed by atoms with Gasteiger partial charge in [-0.15, -0.1) is 0 Å². The molecule has 2 unspecified atom stereocenters. The van der Waals surface area contributed by atoms with E-state index in [1.807, 2.05) is 0 Å². The van der Waals surface area contributed by atoms with E-state index in [9.17, 15) is 14.9 Å². The van der Waals surface area contributed by atoms with Crippen molar-refractivity contribution in [3.05, 3.63) is 45.3 Å². The molecular formula is C10H10N4O5. The van der Waals surface area contributed by atoms with Crippen LogP contribution in [0.15, 0.2) is 28.4 Å². The second kappa shape index (κ2) is 4.28. The number of carbonyl (C=O) groups is 1. The van der Waals surface area contributed by atoms with Crippen molar-refractivity contribution in [1.82, 2.24) is 10.3 Å². The topological polar surface area (TPSA) is 145 Å². The van der Waals surface area contributed by atoms with Crippen molar-refractivity contribution in [2.24, 2.45) is 5.73 Å². The van der Waals surface area contributed by atoms with Gasteiger partial charge in [-0.3, -0.25) is 10.1 Å². The molecule has 19 heavy (non-hydrogen) atoms. The molecular weight excluding hydrogens is 256 g/mol. The van der Waals surface area contributed by atoms with E-state index in [0.717, 1.165) is 0 Å². The van der Waals surface area contributed by atoms with E-state index < -0.39 is 22.5 Å². The lowest BCUT2D eigenvalue weighted by Gasteiger charge is -2.24. The number of aliphatic carboxylic acids is 1. The summed E-state index contributed by atoms with van der Waals surface area (Å²) < 4.78 is 4.48. The number of hydrogen-bond donors (Lipinski definition) is 2. The molecule has 1 aromatic rings. The highest BCUT2D eigenvalue weighted by molar-refractivity contribution is 5.86. The molecule has 0 fully saturated rings. The van der Waals surface area contributed by atoms with Crippen molar-refractivity contribution >= 4 is 5.97 Å². The van der Waals surface area contributed by atoms with Gasteiger partial charge in [-0.1, -0.05) is 11.2 Å². The van der Waals surface area contributed by atoms with Gasteiger partial charge in [0.1, 0.15) is 11.2 Å². The van der Waals surface area contributed by atoms with Gasteiger partial charge in [-0.05, 0) is 24.2 Å². The molecule has 2 atom stereocenters. The van der Waals surface area contributed by atoms with E-state index in [1.165, 1.54) is 25.2 Å². The van der Waals surface area contributed by atoms with Gasteiger partial charge in [0, 0.05) is 10.5 Å². The molecule has 0 saturated heterocycles. The Morgan fingerprint density at radius 3 is 2.95 bits per heavy atom. The minimum Gasteiger partial charge on any atom is -0.478 e. The van der Waals surface area contributed by atoms with Gasteiger partial charge in [0.15, 0.2) is 5.69 Å². The summed E-state index contributed by atoms with van der Waals surface area (Å²) in [5, 5.41) is 26.7. The molecule has 1 aliphatic rings. The van der Waals surface area contributed by atoms with Gasteiger partial charge in [0.2, 0.25) is 0 Å². The zero-order valence-electron chi connectivity index (χ0n) is 9.81. The van der Waals surface area contributed by atoms with Crippen molar-refractivity contribution < 1.29 is 19.5 Å². The van der Waals surface area contributed by atoms with Crippen LogP contribution in [0.3, 0.4) is 0 Å². The SMILES string of the molecule is CC(=CC1(N)C=CC([N+](=O)[O-])c2nonc21)C(=O)O. The smallest absolute Gasteiger partial charge is 0.331 e. The van der Waals surface area contributed by atoms with Crippen molar-refractivity contribution in [2.45, 2.75) is 18.5 Å². The maximum Gasteiger partial charge on any atom is 0.331 e. The average molecular weight is 266 g/mol. The van der Waals surface area contributed by atoms with Crippen molar-refractivity contribution in [2.75, 3.05) is 0 Å². The molecule has 100 valence electrons. The molecule has 9 heteroatoms. The Morgan fingerprint density at radius 2 is 2.37 bits per heavy atom. The Labute approximate surface area is 106 Å². The standard InChI is InChI=1S/C10H10N4O5/c1-5(9(15)16)4-10(11)3-2-6(14(17)18)7-8(10)13-19-12-7/h2-4,6H,11H2,1H3,(H,15,16). The van der Waals surface area contributed by atoms with E-state index in [-0.39, 0.29) is 17.0 Å². The number of fused-ring (bicyclic) bond motifs is 1. The van der Waals surface area contributed by atoms with Crippen molar-refractivity contribution in [3.63, 3.8) is 0 Å². The first-order chi connectivity index (χ1) is 8.85. The largest absolute Gasteiger partial charge is 0.478 e. The fourth-order valence-corrected chi connectivity index (χ4v) is 1.82. The zero-order chi connectivity index (χ0) is 14.2. The Bertz CT molecular complexity index is 605. The molecule has 0 spiro atoms. The summed E-state index contributed by atoms with van der Waals surface area (Å²) >= 11 is 0. The second-order valence-electron chi connectivity index (χ2n) is 4.15. The number of aromatic nitrogens is 2. The number of nitrogens with zero attached hydrogens (tertiary/aromatic N) is 3. The van der Waals surface area contributed by atoms with Gasteiger partial charge in [0.05, 0.1) is 0 Å². The monoisotopic (exact) mass is 266 g/mol. The molecule has 1 heterocycles. The summed E-state index contributed by atoms with van der Waals surface area (Å²) in [5.41, 5.74) is 4.62. The third-order valence-corrected chi connectivity index (χ3v) is 2.78. The van der Waals surface area contributed by atoms with Crippen LogP contribution in [0.1, 0.15) is 24.4 Å². The molecule has 1 aromatic heterocycles. The highest BCUT2D eigenvalue weighted by Crippen LogP contribution is 2.34. The fraction of sp³-hybridized carbons (Fsp3) is 0.300. The normalized spacial score (nSPS) is 26.0. The second-order valence-corrected chi connectivity index (χ2v) is 4.15. The number of nitro groups is 1. The quantitative estimate of drug-likeness (QED) is 0.340. The third-order valence-electron chi connectivity index (χ3n) is 2.78. The summed E-state index contributed by atoms with van der Waals surface area (Å²) in [7, 11) is 0. The first-order valence-electron chi connectivity index (χ1n) is 5.22. The fourth-order valence-electron chi connectivity index (χ4n) is 1.82. The van der Waals surface area contributed by atoms with Crippen LogP contribution in [0.4, 0.5) is 0 Å². The minimum absolute atomic E-state index is 0.0133. The van der Waals surface area contributed by atoms with Crippen LogP contribution in [0.5, 0.6) is 0 Å². The Hall–Kier alpha value is -2.55. The van der Waals surface area contributed by atoms with Crippen LogP contribution in [0.2, 0.25) is 0 Å². The van der Waals surface area contributed by atoms with Crippen LogP contribution < -0.4 is 5.73 Å². The minimum atomic E-state index is -1.38. The highest BCUT2D eigenvalue weighted by atomic mass is 16.6. The molecule has 3 N–H and O–H groups in total. The lowest BCUT2D eigenvalue weighted by molar-refractivity contribution is -0.516. The zero-order valence-corrected chi connectivity index (χ0v) is 9.81. The number of carboxylic acids is 1. The third kappa shape index (κ3) is 2.10. The Balaban J connectivity index is 2.52. The van der Waals surface area contributed by atoms with E-state index in [2.05, 4.69) is 14.9 Å². The van der Waals surface area contributed by atoms with Gasteiger partial charge in [-0.25, -0.2) is 9.42 Å². The average Bonchev–Trinajstić information content (AvgIpc) is 2.78. The van der Waals surface area contributed by atoms with Gasteiger partial charge >= 0.3 is 5.97 Å². The van der Waals surface area contributed by atoms with Gasteiger partial charge in [0.25, 0.3) is 6.04 Å². The van der Waals surface area contributed by atoms with E-state index in [1.54, 1.807) is 0 Å². The predicted octanol–water partition coefficient (Wildman–Crippen LogP) is 0.142. The number of hydrogen-bond acceptors (Lipinski definition) is 7. The molecule has 0 radical (unpaired) electrons. The first kappa shape index (κ1) is 12.9. The number of carboxylic acid groups (broad SMARTS) is 1. The molecule has 0 amide bonds. The molecule has 0 bridgehead atoms.